The third kappa shape index (κ3) is 5.28. The lowest BCUT2D eigenvalue weighted by Crippen LogP contribution is -2.25. The molecular weight excluding hydrogens is 412 g/mol. The maximum absolute atomic E-state index is 12.6. The lowest BCUT2D eigenvalue weighted by atomic mass is 10.1. The number of amides is 1. The molecule has 0 bridgehead atoms. The molecule has 0 heterocycles. The monoisotopic (exact) mass is 430 g/mol. The summed E-state index contributed by atoms with van der Waals surface area (Å²) >= 11 is 5.82. The minimum absolute atomic E-state index is 0.0512. The number of hydrogen-bond acceptors (Lipinski definition) is 4. The Labute approximate surface area is 174 Å². The van der Waals surface area contributed by atoms with Crippen molar-refractivity contribution in [3.8, 4) is 5.75 Å². The van der Waals surface area contributed by atoms with Gasteiger partial charge in [0, 0.05) is 11.6 Å². The number of rotatable bonds is 7. The Bertz CT molecular complexity index is 1100. The van der Waals surface area contributed by atoms with Crippen molar-refractivity contribution in [1.82, 2.24) is 5.32 Å². The second-order valence-electron chi connectivity index (χ2n) is 6.14. The molecule has 0 unspecified atom stereocenters. The van der Waals surface area contributed by atoms with Crippen LogP contribution in [0.1, 0.15) is 15.9 Å². The second kappa shape index (κ2) is 8.98. The van der Waals surface area contributed by atoms with Crippen molar-refractivity contribution in [2.24, 2.45) is 0 Å². The quantitative estimate of drug-likeness (QED) is 0.591. The summed E-state index contributed by atoms with van der Waals surface area (Å²) in [6.45, 7) is 0.293. The molecule has 29 heavy (non-hydrogen) atoms. The highest BCUT2D eigenvalue weighted by atomic mass is 35.5. The van der Waals surface area contributed by atoms with Gasteiger partial charge in [0.2, 0.25) is 0 Å². The van der Waals surface area contributed by atoms with Crippen LogP contribution >= 0.6 is 11.6 Å². The fraction of sp³-hybridized carbons (Fsp3) is 0.0952. The summed E-state index contributed by atoms with van der Waals surface area (Å²) in [6, 6.07) is 19.5. The van der Waals surface area contributed by atoms with Gasteiger partial charge in [0.25, 0.3) is 15.9 Å². The summed E-state index contributed by atoms with van der Waals surface area (Å²) in [5, 5.41) is 3.23. The van der Waals surface area contributed by atoms with Gasteiger partial charge in [-0.15, -0.1) is 0 Å². The Morgan fingerprint density at radius 3 is 2.28 bits per heavy atom. The SMILES string of the molecule is COc1ccc(CNC(=O)c2ccccc2NS(=O)(=O)c2ccc(Cl)cc2)cc1. The fourth-order valence-corrected chi connectivity index (χ4v) is 3.81. The number of anilines is 1. The van der Waals surface area contributed by atoms with Crippen molar-refractivity contribution in [1.29, 1.82) is 0 Å². The number of sulfonamides is 1. The van der Waals surface area contributed by atoms with Crippen LogP contribution in [0.15, 0.2) is 77.7 Å². The van der Waals surface area contributed by atoms with E-state index in [4.69, 9.17) is 16.3 Å². The zero-order chi connectivity index (χ0) is 20.9. The molecule has 6 nitrogen and oxygen atoms in total. The highest BCUT2D eigenvalue weighted by Gasteiger charge is 2.18. The number of benzene rings is 3. The van der Waals surface area contributed by atoms with Gasteiger partial charge in [-0.05, 0) is 54.1 Å². The van der Waals surface area contributed by atoms with Crippen molar-refractivity contribution < 1.29 is 17.9 Å². The number of methoxy groups -OCH3 is 1. The molecule has 3 aromatic rings. The minimum atomic E-state index is -3.86. The van der Waals surface area contributed by atoms with E-state index in [1.807, 2.05) is 12.1 Å². The molecule has 0 aromatic heterocycles. The molecule has 0 spiro atoms. The van der Waals surface area contributed by atoms with E-state index in [-0.39, 0.29) is 16.1 Å². The van der Waals surface area contributed by atoms with Crippen LogP contribution in [0.4, 0.5) is 5.69 Å². The van der Waals surface area contributed by atoms with Gasteiger partial charge >= 0.3 is 0 Å². The Morgan fingerprint density at radius 2 is 1.62 bits per heavy atom. The zero-order valence-corrected chi connectivity index (χ0v) is 17.1. The summed E-state index contributed by atoms with van der Waals surface area (Å²) in [5.74, 6) is 0.331. The smallest absolute Gasteiger partial charge is 0.261 e. The van der Waals surface area contributed by atoms with Gasteiger partial charge in [-0.1, -0.05) is 35.9 Å². The van der Waals surface area contributed by atoms with Crippen molar-refractivity contribution in [2.75, 3.05) is 11.8 Å². The molecule has 2 N–H and O–H groups in total. The first kappa shape index (κ1) is 20.7. The van der Waals surface area contributed by atoms with Gasteiger partial charge in [0.1, 0.15) is 5.75 Å². The van der Waals surface area contributed by atoms with Crippen molar-refractivity contribution in [2.45, 2.75) is 11.4 Å². The molecule has 3 aromatic carbocycles. The summed E-state index contributed by atoms with van der Waals surface area (Å²) in [7, 11) is -2.28. The van der Waals surface area contributed by atoms with Crippen LogP contribution < -0.4 is 14.8 Å². The molecule has 0 radical (unpaired) electrons. The third-order valence-electron chi connectivity index (χ3n) is 4.15. The van der Waals surface area contributed by atoms with Crippen molar-refractivity contribution >= 4 is 33.2 Å². The van der Waals surface area contributed by atoms with Crippen molar-refractivity contribution in [3.63, 3.8) is 0 Å². The van der Waals surface area contributed by atoms with E-state index in [0.717, 1.165) is 11.3 Å². The highest BCUT2D eigenvalue weighted by molar-refractivity contribution is 7.92. The molecule has 1 amide bonds. The van der Waals surface area contributed by atoms with Crippen LogP contribution in [0.25, 0.3) is 0 Å². The van der Waals surface area contributed by atoms with Crippen LogP contribution in [0.3, 0.4) is 0 Å². The number of carbonyl (C=O) groups excluding carboxylic acids is 1. The van der Waals surface area contributed by atoms with E-state index in [1.54, 1.807) is 37.4 Å². The highest BCUT2D eigenvalue weighted by Crippen LogP contribution is 2.21. The van der Waals surface area contributed by atoms with Crippen LogP contribution in [0, 0.1) is 0 Å². The standard InChI is InChI=1S/C21H19ClN2O4S/c1-28-17-10-6-15(7-11-17)14-23-21(25)19-4-2-3-5-20(19)24-29(26,27)18-12-8-16(22)9-13-18/h2-13,24H,14H2,1H3,(H,23,25). The second-order valence-corrected chi connectivity index (χ2v) is 8.25. The number of carbonyl (C=O) groups is 1. The number of ether oxygens (including phenoxy) is 1. The molecule has 0 aliphatic heterocycles. The normalized spacial score (nSPS) is 11.0. The average Bonchev–Trinajstić information content (AvgIpc) is 2.73. The van der Waals surface area contributed by atoms with Gasteiger partial charge in [-0.2, -0.15) is 0 Å². The van der Waals surface area contributed by atoms with E-state index in [0.29, 0.717) is 11.6 Å². The predicted octanol–water partition coefficient (Wildman–Crippen LogP) is 4.08. The van der Waals surface area contributed by atoms with E-state index in [9.17, 15) is 13.2 Å². The largest absolute Gasteiger partial charge is 0.497 e. The van der Waals surface area contributed by atoms with E-state index < -0.39 is 15.9 Å². The molecule has 0 saturated carbocycles. The van der Waals surface area contributed by atoms with Gasteiger partial charge in [-0.25, -0.2) is 8.42 Å². The topological polar surface area (TPSA) is 84.5 Å². The third-order valence-corrected chi connectivity index (χ3v) is 5.79. The summed E-state index contributed by atoms with van der Waals surface area (Å²) in [4.78, 5) is 12.7. The van der Waals surface area contributed by atoms with Crippen LogP contribution in [0.5, 0.6) is 5.75 Å². The molecular formula is C21H19ClN2O4S. The number of hydrogen-bond donors (Lipinski definition) is 2. The fourth-order valence-electron chi connectivity index (χ4n) is 2.61. The number of nitrogens with one attached hydrogen (secondary N) is 2. The van der Waals surface area contributed by atoms with Gasteiger partial charge in [0.05, 0.1) is 23.3 Å². The molecule has 0 aliphatic carbocycles. The number of halogens is 1. The summed E-state index contributed by atoms with van der Waals surface area (Å²) in [6.07, 6.45) is 0. The summed E-state index contributed by atoms with van der Waals surface area (Å²) < 4.78 is 32.8. The maximum Gasteiger partial charge on any atom is 0.261 e. The van der Waals surface area contributed by atoms with Gasteiger partial charge < -0.3 is 10.1 Å². The van der Waals surface area contributed by atoms with Crippen LogP contribution in [0.2, 0.25) is 5.02 Å². The Kier molecular flexibility index (Phi) is 6.41. The first-order valence-electron chi connectivity index (χ1n) is 8.67. The Hall–Kier alpha value is -3.03. The van der Waals surface area contributed by atoms with E-state index in [1.165, 1.54) is 30.3 Å². The molecule has 0 saturated heterocycles. The van der Waals surface area contributed by atoms with Gasteiger partial charge in [0.15, 0.2) is 0 Å². The molecule has 0 aliphatic rings. The molecule has 150 valence electrons. The first-order valence-corrected chi connectivity index (χ1v) is 10.5. The predicted molar refractivity (Wildman–Crippen MR) is 113 cm³/mol. The molecule has 8 heteroatoms. The van der Waals surface area contributed by atoms with Gasteiger partial charge in [-0.3, -0.25) is 9.52 Å². The molecule has 0 atom stereocenters. The van der Waals surface area contributed by atoms with Crippen LogP contribution in [-0.4, -0.2) is 21.4 Å². The average molecular weight is 431 g/mol. The first-order chi connectivity index (χ1) is 13.9. The molecule has 0 fully saturated rings. The van der Waals surface area contributed by atoms with Crippen molar-refractivity contribution in [3.05, 3.63) is 88.9 Å². The van der Waals surface area contributed by atoms with E-state index >= 15 is 0 Å². The van der Waals surface area contributed by atoms with Crippen LogP contribution in [-0.2, 0) is 16.6 Å². The minimum Gasteiger partial charge on any atom is -0.497 e. The maximum atomic E-state index is 12.6. The molecule has 3 rings (SSSR count). The lowest BCUT2D eigenvalue weighted by molar-refractivity contribution is 0.0952. The lowest BCUT2D eigenvalue weighted by Gasteiger charge is -2.13. The summed E-state index contributed by atoms with van der Waals surface area (Å²) in [5.41, 5.74) is 1.30. The zero-order valence-electron chi connectivity index (χ0n) is 15.6. The Morgan fingerprint density at radius 1 is 0.966 bits per heavy atom. The Balaban J connectivity index is 1.75. The number of para-hydroxylation sites is 1. The van der Waals surface area contributed by atoms with E-state index in [2.05, 4.69) is 10.0 Å².